The maximum Gasteiger partial charge on any atom is 0.122 e. The standard InChI is InChI=1S/C18H23NO2/c1-12-8-13(2)14(3)18(9-12)21-11-17(20)16-6-4-15(10-19)5-7-16/h4-9,17,20H,10-11,19H2,1-3H3. The van der Waals surface area contributed by atoms with Crippen LogP contribution in [0.5, 0.6) is 5.75 Å². The van der Waals surface area contributed by atoms with Gasteiger partial charge in [0.25, 0.3) is 0 Å². The summed E-state index contributed by atoms with van der Waals surface area (Å²) in [6, 6.07) is 11.8. The predicted molar refractivity (Wildman–Crippen MR) is 85.4 cm³/mol. The Kier molecular flexibility index (Phi) is 4.99. The molecule has 0 aromatic heterocycles. The number of benzene rings is 2. The minimum atomic E-state index is -0.642. The van der Waals surface area contributed by atoms with Gasteiger partial charge >= 0.3 is 0 Å². The summed E-state index contributed by atoms with van der Waals surface area (Å²) in [6.07, 6.45) is -0.642. The van der Waals surface area contributed by atoms with Crippen molar-refractivity contribution in [1.82, 2.24) is 0 Å². The van der Waals surface area contributed by atoms with Crippen molar-refractivity contribution in [2.45, 2.75) is 33.4 Å². The lowest BCUT2D eigenvalue weighted by atomic mass is 10.1. The molecule has 0 aliphatic heterocycles. The lowest BCUT2D eigenvalue weighted by Gasteiger charge is -2.16. The van der Waals surface area contributed by atoms with E-state index in [0.29, 0.717) is 6.54 Å². The summed E-state index contributed by atoms with van der Waals surface area (Å²) in [5, 5.41) is 10.2. The summed E-state index contributed by atoms with van der Waals surface area (Å²) in [4.78, 5) is 0. The molecular weight excluding hydrogens is 262 g/mol. The molecule has 0 aliphatic carbocycles. The van der Waals surface area contributed by atoms with Gasteiger partial charge in [-0.2, -0.15) is 0 Å². The van der Waals surface area contributed by atoms with E-state index in [-0.39, 0.29) is 6.61 Å². The zero-order chi connectivity index (χ0) is 15.4. The third kappa shape index (κ3) is 3.84. The highest BCUT2D eigenvalue weighted by Crippen LogP contribution is 2.24. The zero-order valence-electron chi connectivity index (χ0n) is 12.9. The minimum Gasteiger partial charge on any atom is -0.490 e. The van der Waals surface area contributed by atoms with Crippen LogP contribution in [0.4, 0.5) is 0 Å². The maximum absolute atomic E-state index is 10.2. The van der Waals surface area contributed by atoms with E-state index in [1.807, 2.05) is 44.2 Å². The van der Waals surface area contributed by atoms with E-state index in [2.05, 4.69) is 13.0 Å². The van der Waals surface area contributed by atoms with E-state index in [9.17, 15) is 5.11 Å². The van der Waals surface area contributed by atoms with Gasteiger partial charge in [-0.25, -0.2) is 0 Å². The number of hydrogen-bond acceptors (Lipinski definition) is 3. The number of rotatable bonds is 5. The van der Waals surface area contributed by atoms with Crippen molar-refractivity contribution in [3.05, 3.63) is 64.2 Å². The molecule has 0 spiro atoms. The smallest absolute Gasteiger partial charge is 0.122 e. The quantitative estimate of drug-likeness (QED) is 0.887. The monoisotopic (exact) mass is 285 g/mol. The molecule has 0 radical (unpaired) electrons. The summed E-state index contributed by atoms with van der Waals surface area (Å²) in [6.45, 7) is 6.89. The Morgan fingerprint density at radius 1 is 1.10 bits per heavy atom. The molecular formula is C18H23NO2. The van der Waals surface area contributed by atoms with Gasteiger partial charge in [-0.1, -0.05) is 30.3 Å². The lowest BCUT2D eigenvalue weighted by molar-refractivity contribution is 0.108. The molecule has 2 aromatic carbocycles. The molecule has 1 atom stereocenters. The van der Waals surface area contributed by atoms with Crippen molar-refractivity contribution in [3.63, 3.8) is 0 Å². The van der Waals surface area contributed by atoms with E-state index in [1.165, 1.54) is 5.56 Å². The molecule has 2 rings (SSSR count). The maximum atomic E-state index is 10.2. The molecule has 3 nitrogen and oxygen atoms in total. The molecule has 0 saturated heterocycles. The van der Waals surface area contributed by atoms with Crippen LogP contribution < -0.4 is 10.5 Å². The molecule has 0 saturated carbocycles. The van der Waals surface area contributed by atoms with Crippen molar-refractivity contribution in [1.29, 1.82) is 0 Å². The molecule has 0 amide bonds. The van der Waals surface area contributed by atoms with E-state index in [4.69, 9.17) is 10.5 Å². The largest absolute Gasteiger partial charge is 0.490 e. The predicted octanol–water partition coefficient (Wildman–Crippen LogP) is 3.18. The molecule has 0 aliphatic rings. The van der Waals surface area contributed by atoms with Gasteiger partial charge in [0.05, 0.1) is 0 Å². The molecule has 3 heteroatoms. The van der Waals surface area contributed by atoms with E-state index >= 15 is 0 Å². The highest BCUT2D eigenvalue weighted by atomic mass is 16.5. The van der Waals surface area contributed by atoms with Crippen LogP contribution in [0.15, 0.2) is 36.4 Å². The first-order valence-corrected chi connectivity index (χ1v) is 7.19. The molecule has 0 heterocycles. The van der Waals surface area contributed by atoms with Crippen molar-refractivity contribution < 1.29 is 9.84 Å². The summed E-state index contributed by atoms with van der Waals surface area (Å²) < 4.78 is 5.80. The summed E-state index contributed by atoms with van der Waals surface area (Å²) in [5.74, 6) is 0.838. The normalized spacial score (nSPS) is 12.2. The van der Waals surface area contributed by atoms with Crippen LogP contribution in [0.25, 0.3) is 0 Å². The summed E-state index contributed by atoms with van der Waals surface area (Å²) in [7, 11) is 0. The topological polar surface area (TPSA) is 55.5 Å². The highest BCUT2D eigenvalue weighted by Gasteiger charge is 2.10. The van der Waals surface area contributed by atoms with Gasteiger partial charge in [0.2, 0.25) is 0 Å². The number of aliphatic hydroxyl groups excluding tert-OH is 1. The van der Waals surface area contributed by atoms with Crippen molar-refractivity contribution >= 4 is 0 Å². The van der Waals surface area contributed by atoms with Gasteiger partial charge in [0.1, 0.15) is 18.5 Å². The van der Waals surface area contributed by atoms with Gasteiger partial charge in [0.15, 0.2) is 0 Å². The van der Waals surface area contributed by atoms with E-state index in [0.717, 1.165) is 28.0 Å². The van der Waals surface area contributed by atoms with Crippen molar-refractivity contribution in [2.24, 2.45) is 5.73 Å². The van der Waals surface area contributed by atoms with E-state index in [1.54, 1.807) is 0 Å². The van der Waals surface area contributed by atoms with Gasteiger partial charge in [-0.3, -0.25) is 0 Å². The second-order valence-corrected chi connectivity index (χ2v) is 5.48. The second-order valence-electron chi connectivity index (χ2n) is 5.48. The highest BCUT2D eigenvalue weighted by molar-refractivity contribution is 5.42. The summed E-state index contributed by atoms with van der Waals surface area (Å²) in [5.41, 5.74) is 10.9. The van der Waals surface area contributed by atoms with Crippen LogP contribution in [-0.2, 0) is 6.54 Å². The number of ether oxygens (including phenoxy) is 1. The Labute approximate surface area is 126 Å². The van der Waals surface area contributed by atoms with Crippen LogP contribution in [0, 0.1) is 20.8 Å². The SMILES string of the molecule is Cc1cc(C)c(C)c(OCC(O)c2ccc(CN)cc2)c1. The third-order valence-electron chi connectivity index (χ3n) is 3.76. The number of aryl methyl sites for hydroxylation is 2. The average molecular weight is 285 g/mol. The van der Waals surface area contributed by atoms with Crippen LogP contribution >= 0.6 is 0 Å². The van der Waals surface area contributed by atoms with Gasteiger partial charge in [0, 0.05) is 6.54 Å². The molecule has 2 aromatic rings. The second kappa shape index (κ2) is 6.74. The van der Waals surface area contributed by atoms with Crippen molar-refractivity contribution in [2.75, 3.05) is 6.61 Å². The average Bonchev–Trinajstić information content (AvgIpc) is 2.49. The Hall–Kier alpha value is -1.84. The molecule has 0 fully saturated rings. The first kappa shape index (κ1) is 15.5. The Balaban J connectivity index is 2.05. The van der Waals surface area contributed by atoms with Crippen LogP contribution in [-0.4, -0.2) is 11.7 Å². The van der Waals surface area contributed by atoms with Crippen LogP contribution in [0.3, 0.4) is 0 Å². The van der Waals surface area contributed by atoms with Gasteiger partial charge in [-0.15, -0.1) is 0 Å². The fourth-order valence-corrected chi connectivity index (χ4v) is 2.29. The molecule has 3 N–H and O–H groups in total. The van der Waals surface area contributed by atoms with Gasteiger partial charge in [-0.05, 0) is 54.7 Å². The summed E-state index contributed by atoms with van der Waals surface area (Å²) >= 11 is 0. The Morgan fingerprint density at radius 2 is 1.76 bits per heavy atom. The number of hydrogen-bond donors (Lipinski definition) is 2. The van der Waals surface area contributed by atoms with Crippen molar-refractivity contribution in [3.8, 4) is 5.75 Å². The number of aliphatic hydroxyl groups is 1. The fourth-order valence-electron chi connectivity index (χ4n) is 2.29. The number of nitrogens with two attached hydrogens (primary N) is 1. The minimum absolute atomic E-state index is 0.242. The molecule has 21 heavy (non-hydrogen) atoms. The van der Waals surface area contributed by atoms with Crippen LogP contribution in [0.1, 0.15) is 33.9 Å². The zero-order valence-corrected chi connectivity index (χ0v) is 12.9. The first-order valence-electron chi connectivity index (χ1n) is 7.19. The fraction of sp³-hybridized carbons (Fsp3) is 0.333. The first-order chi connectivity index (χ1) is 10.0. The van der Waals surface area contributed by atoms with Crippen LogP contribution in [0.2, 0.25) is 0 Å². The third-order valence-corrected chi connectivity index (χ3v) is 3.76. The van der Waals surface area contributed by atoms with Gasteiger partial charge < -0.3 is 15.6 Å². The Morgan fingerprint density at radius 3 is 2.38 bits per heavy atom. The lowest BCUT2D eigenvalue weighted by Crippen LogP contribution is -2.11. The molecule has 112 valence electrons. The molecule has 0 bridgehead atoms. The molecule has 1 unspecified atom stereocenters. The Bertz CT molecular complexity index is 605. The van der Waals surface area contributed by atoms with E-state index < -0.39 is 6.10 Å².